The lowest BCUT2D eigenvalue weighted by Crippen LogP contribution is -2.10. The summed E-state index contributed by atoms with van der Waals surface area (Å²) >= 11 is 0. The van der Waals surface area contributed by atoms with Gasteiger partial charge in [-0.3, -0.25) is 9.59 Å². The molecule has 0 aliphatic carbocycles. The summed E-state index contributed by atoms with van der Waals surface area (Å²) in [5.41, 5.74) is 2.30. The van der Waals surface area contributed by atoms with E-state index < -0.39 is 0 Å². The molecule has 0 atom stereocenters. The zero-order chi connectivity index (χ0) is 15.1. The fourth-order valence-electron chi connectivity index (χ4n) is 2.06. The van der Waals surface area contributed by atoms with Gasteiger partial charge in [-0.1, -0.05) is 52.0 Å². The van der Waals surface area contributed by atoms with E-state index in [0.717, 1.165) is 18.4 Å². The highest BCUT2D eigenvalue weighted by molar-refractivity contribution is 5.82. The average Bonchev–Trinajstić information content (AvgIpc) is 2.38. The highest BCUT2D eigenvalue weighted by Crippen LogP contribution is 2.12. The Hall–Kier alpha value is -1.44. The molecule has 0 bridgehead atoms. The van der Waals surface area contributed by atoms with Crippen molar-refractivity contribution >= 4 is 11.6 Å². The smallest absolute Gasteiger partial charge is 0.139 e. The number of carbonyl (C=O) groups is 2. The van der Waals surface area contributed by atoms with Crippen molar-refractivity contribution in [1.82, 2.24) is 0 Å². The van der Waals surface area contributed by atoms with E-state index in [2.05, 4.69) is 12.1 Å². The van der Waals surface area contributed by atoms with Crippen molar-refractivity contribution in [2.75, 3.05) is 0 Å². The molecule has 0 aromatic heterocycles. The van der Waals surface area contributed by atoms with Crippen molar-refractivity contribution in [2.24, 2.45) is 11.8 Å². The minimum atomic E-state index is 0.0855. The molecule has 0 heterocycles. The fraction of sp³-hybridized carbons (Fsp3) is 0.556. The van der Waals surface area contributed by atoms with Gasteiger partial charge >= 0.3 is 0 Å². The van der Waals surface area contributed by atoms with Gasteiger partial charge in [-0.05, 0) is 24.0 Å². The first-order chi connectivity index (χ1) is 9.40. The number of benzene rings is 1. The van der Waals surface area contributed by atoms with E-state index >= 15 is 0 Å². The number of carbonyl (C=O) groups excluding carboxylic acids is 2. The number of ketones is 2. The Labute approximate surface area is 122 Å². The Kier molecular flexibility index (Phi) is 6.63. The lowest BCUT2D eigenvalue weighted by Gasteiger charge is -2.07. The molecule has 2 nitrogen and oxygen atoms in total. The standard InChI is InChI=1S/C18H26O2/c1-13(2)17(19)10-6-8-15-7-5-9-16(11-15)12-18(20)14(3)4/h5,7,9,11,13-14H,6,8,10,12H2,1-4H3. The third-order valence-corrected chi connectivity index (χ3v) is 3.55. The van der Waals surface area contributed by atoms with E-state index in [1.54, 1.807) is 0 Å². The molecule has 0 saturated carbocycles. The van der Waals surface area contributed by atoms with Gasteiger partial charge < -0.3 is 0 Å². The molecule has 0 fully saturated rings. The van der Waals surface area contributed by atoms with Gasteiger partial charge in [0.25, 0.3) is 0 Å². The van der Waals surface area contributed by atoms with Gasteiger partial charge in [0.2, 0.25) is 0 Å². The van der Waals surface area contributed by atoms with E-state index in [1.807, 2.05) is 39.8 Å². The molecule has 0 unspecified atom stereocenters. The summed E-state index contributed by atoms with van der Waals surface area (Å²) in [6, 6.07) is 8.18. The molecule has 0 aliphatic rings. The highest BCUT2D eigenvalue weighted by Gasteiger charge is 2.09. The zero-order valence-corrected chi connectivity index (χ0v) is 13.1. The Morgan fingerprint density at radius 2 is 1.55 bits per heavy atom. The first-order valence-electron chi connectivity index (χ1n) is 7.53. The van der Waals surface area contributed by atoms with Gasteiger partial charge in [0.1, 0.15) is 11.6 Å². The predicted octanol–water partition coefficient (Wildman–Crippen LogP) is 4.00. The van der Waals surface area contributed by atoms with Crippen LogP contribution in [-0.4, -0.2) is 11.6 Å². The zero-order valence-electron chi connectivity index (χ0n) is 13.1. The van der Waals surface area contributed by atoms with Crippen molar-refractivity contribution in [2.45, 2.75) is 53.4 Å². The highest BCUT2D eigenvalue weighted by atomic mass is 16.1. The summed E-state index contributed by atoms with van der Waals surface area (Å²) in [5.74, 6) is 0.820. The first-order valence-corrected chi connectivity index (χ1v) is 7.53. The molecule has 0 spiro atoms. The molecule has 0 amide bonds. The quantitative estimate of drug-likeness (QED) is 0.718. The van der Waals surface area contributed by atoms with Crippen LogP contribution in [0.1, 0.15) is 51.7 Å². The second-order valence-electron chi connectivity index (χ2n) is 6.09. The van der Waals surface area contributed by atoms with Gasteiger partial charge in [-0.25, -0.2) is 0 Å². The molecular weight excluding hydrogens is 248 g/mol. The predicted molar refractivity (Wildman–Crippen MR) is 82.8 cm³/mol. The van der Waals surface area contributed by atoms with Crippen molar-refractivity contribution in [3.05, 3.63) is 35.4 Å². The maximum Gasteiger partial charge on any atom is 0.139 e. The topological polar surface area (TPSA) is 34.1 Å². The lowest BCUT2D eigenvalue weighted by atomic mass is 9.97. The van der Waals surface area contributed by atoms with E-state index in [9.17, 15) is 9.59 Å². The molecule has 110 valence electrons. The summed E-state index contributed by atoms with van der Waals surface area (Å²) in [5, 5.41) is 0. The Morgan fingerprint density at radius 1 is 0.950 bits per heavy atom. The van der Waals surface area contributed by atoms with Crippen molar-refractivity contribution in [3.8, 4) is 0 Å². The van der Waals surface area contributed by atoms with Crippen molar-refractivity contribution in [1.29, 1.82) is 0 Å². The number of aryl methyl sites for hydroxylation is 1. The van der Waals surface area contributed by atoms with Crippen molar-refractivity contribution < 1.29 is 9.59 Å². The molecule has 0 radical (unpaired) electrons. The Balaban J connectivity index is 2.52. The van der Waals surface area contributed by atoms with E-state index in [0.29, 0.717) is 18.6 Å². The van der Waals surface area contributed by atoms with Crippen LogP contribution < -0.4 is 0 Å². The minimum absolute atomic E-state index is 0.0855. The van der Waals surface area contributed by atoms with Crippen LogP contribution in [0.3, 0.4) is 0 Å². The monoisotopic (exact) mass is 274 g/mol. The molecule has 2 heteroatoms. The normalized spacial score (nSPS) is 11.1. The lowest BCUT2D eigenvalue weighted by molar-refractivity contribution is -0.122. The molecule has 20 heavy (non-hydrogen) atoms. The van der Waals surface area contributed by atoms with Gasteiger partial charge in [0, 0.05) is 24.7 Å². The Bertz CT molecular complexity index is 458. The van der Waals surface area contributed by atoms with Gasteiger partial charge in [-0.2, -0.15) is 0 Å². The number of hydrogen-bond acceptors (Lipinski definition) is 2. The van der Waals surface area contributed by atoms with Crippen LogP contribution in [0, 0.1) is 11.8 Å². The van der Waals surface area contributed by atoms with Gasteiger partial charge in [-0.15, -0.1) is 0 Å². The van der Waals surface area contributed by atoms with Crippen LogP contribution in [0.4, 0.5) is 0 Å². The largest absolute Gasteiger partial charge is 0.299 e. The molecule has 1 aromatic carbocycles. The average molecular weight is 274 g/mol. The summed E-state index contributed by atoms with van der Waals surface area (Å²) in [4.78, 5) is 23.3. The van der Waals surface area contributed by atoms with Crippen LogP contribution in [-0.2, 0) is 22.4 Å². The summed E-state index contributed by atoms with van der Waals surface area (Å²) < 4.78 is 0. The minimum Gasteiger partial charge on any atom is -0.299 e. The summed E-state index contributed by atoms with van der Waals surface area (Å²) in [6.07, 6.45) is 2.95. The van der Waals surface area contributed by atoms with E-state index in [1.165, 1.54) is 5.56 Å². The summed E-state index contributed by atoms with van der Waals surface area (Å²) in [6.45, 7) is 7.76. The number of Topliss-reactive ketones (excluding diaryl/α,β-unsaturated/α-hetero) is 2. The van der Waals surface area contributed by atoms with Crippen LogP contribution in [0.15, 0.2) is 24.3 Å². The first kappa shape index (κ1) is 16.6. The molecular formula is C18H26O2. The molecule has 1 aromatic rings. The van der Waals surface area contributed by atoms with Crippen molar-refractivity contribution in [3.63, 3.8) is 0 Å². The van der Waals surface area contributed by atoms with E-state index in [4.69, 9.17) is 0 Å². The van der Waals surface area contributed by atoms with Crippen LogP contribution in [0.2, 0.25) is 0 Å². The second kappa shape index (κ2) is 7.98. The third kappa shape index (κ3) is 5.68. The van der Waals surface area contributed by atoms with Crippen LogP contribution in [0.5, 0.6) is 0 Å². The van der Waals surface area contributed by atoms with Gasteiger partial charge in [0.05, 0.1) is 0 Å². The molecule has 1 rings (SSSR count). The van der Waals surface area contributed by atoms with E-state index in [-0.39, 0.29) is 17.6 Å². The maximum absolute atomic E-state index is 11.8. The Morgan fingerprint density at radius 3 is 2.15 bits per heavy atom. The SMILES string of the molecule is CC(C)C(=O)CCCc1cccc(CC(=O)C(C)C)c1. The number of hydrogen-bond donors (Lipinski definition) is 0. The summed E-state index contributed by atoms with van der Waals surface area (Å²) in [7, 11) is 0. The number of rotatable bonds is 8. The molecule has 0 N–H and O–H groups in total. The fourth-order valence-corrected chi connectivity index (χ4v) is 2.06. The van der Waals surface area contributed by atoms with Crippen LogP contribution in [0.25, 0.3) is 0 Å². The second-order valence-corrected chi connectivity index (χ2v) is 6.09. The molecule has 0 aliphatic heterocycles. The third-order valence-electron chi connectivity index (χ3n) is 3.55. The van der Waals surface area contributed by atoms with Crippen LogP contribution >= 0.6 is 0 Å². The van der Waals surface area contributed by atoms with Gasteiger partial charge in [0.15, 0.2) is 0 Å². The maximum atomic E-state index is 11.8. The molecule has 0 saturated heterocycles.